The number of urea groups is 1. The molecule has 27 heavy (non-hydrogen) atoms. The van der Waals surface area contributed by atoms with Crippen molar-refractivity contribution in [2.24, 2.45) is 0 Å². The molecule has 1 aromatic heterocycles. The Hall–Kier alpha value is -2.50. The van der Waals surface area contributed by atoms with Crippen LogP contribution in [0.15, 0.2) is 36.5 Å². The average molecular weight is 367 g/mol. The molecule has 1 aliphatic carbocycles. The number of carbonyl (C=O) groups is 1. The van der Waals surface area contributed by atoms with Gasteiger partial charge in [-0.3, -0.25) is 5.32 Å². The Balaban J connectivity index is 1.39. The fraction of sp³-hybridized carbons (Fsp3) is 0.524. The van der Waals surface area contributed by atoms with Gasteiger partial charge in [-0.25, -0.2) is 9.48 Å². The Morgan fingerprint density at radius 3 is 2.74 bits per heavy atom. The van der Waals surface area contributed by atoms with E-state index in [4.69, 9.17) is 0 Å². The molecule has 1 aromatic carbocycles. The summed E-state index contributed by atoms with van der Waals surface area (Å²) < 4.78 is 2.00. The molecule has 1 saturated heterocycles. The van der Waals surface area contributed by atoms with Crippen LogP contribution in [0.3, 0.4) is 0 Å². The van der Waals surface area contributed by atoms with Crippen LogP contribution in [-0.2, 0) is 0 Å². The van der Waals surface area contributed by atoms with E-state index in [0.29, 0.717) is 6.04 Å². The molecule has 2 amide bonds. The van der Waals surface area contributed by atoms with Crippen LogP contribution in [0.5, 0.6) is 0 Å². The third-order valence-corrected chi connectivity index (χ3v) is 5.82. The predicted molar refractivity (Wildman–Crippen MR) is 108 cm³/mol. The van der Waals surface area contributed by atoms with Crippen LogP contribution < -0.4 is 10.2 Å². The van der Waals surface area contributed by atoms with Gasteiger partial charge in [0.15, 0.2) is 0 Å². The summed E-state index contributed by atoms with van der Waals surface area (Å²) >= 11 is 0. The van der Waals surface area contributed by atoms with Crippen LogP contribution in [0.4, 0.5) is 16.3 Å². The number of benzene rings is 1. The molecule has 2 aromatic rings. The minimum atomic E-state index is -0.0227. The molecule has 4 rings (SSSR count). The fourth-order valence-electron chi connectivity index (χ4n) is 4.37. The molecule has 6 heteroatoms. The summed E-state index contributed by atoms with van der Waals surface area (Å²) in [7, 11) is 0. The van der Waals surface area contributed by atoms with E-state index < -0.39 is 0 Å². The van der Waals surface area contributed by atoms with E-state index >= 15 is 0 Å². The van der Waals surface area contributed by atoms with Crippen LogP contribution in [0, 0.1) is 6.92 Å². The summed E-state index contributed by atoms with van der Waals surface area (Å²) in [5.74, 6) is 0.820. The van der Waals surface area contributed by atoms with Gasteiger partial charge in [0, 0.05) is 37.4 Å². The molecule has 2 fully saturated rings. The normalized spacial score (nSPS) is 20.9. The second-order valence-corrected chi connectivity index (χ2v) is 7.86. The average Bonchev–Trinajstić information content (AvgIpc) is 3.33. The number of nitrogens with one attached hydrogen (secondary N) is 1. The van der Waals surface area contributed by atoms with Gasteiger partial charge in [-0.1, -0.05) is 25.0 Å². The number of piperazine rings is 1. The van der Waals surface area contributed by atoms with Crippen LogP contribution in [0.2, 0.25) is 0 Å². The number of amides is 2. The highest BCUT2D eigenvalue weighted by atomic mass is 16.2. The number of nitrogens with zero attached hydrogens (tertiary/aromatic N) is 4. The van der Waals surface area contributed by atoms with Gasteiger partial charge < -0.3 is 9.80 Å². The molecule has 2 aliphatic rings. The van der Waals surface area contributed by atoms with Crippen molar-refractivity contribution in [1.29, 1.82) is 0 Å². The van der Waals surface area contributed by atoms with E-state index in [2.05, 4.69) is 53.4 Å². The first kappa shape index (κ1) is 17.9. The number of anilines is 2. The molecule has 0 bridgehead atoms. The van der Waals surface area contributed by atoms with Crippen molar-refractivity contribution in [3.63, 3.8) is 0 Å². The smallest absolute Gasteiger partial charge is 0.323 e. The molecule has 1 saturated carbocycles. The van der Waals surface area contributed by atoms with E-state index in [-0.39, 0.29) is 12.1 Å². The van der Waals surface area contributed by atoms with Gasteiger partial charge in [-0.2, -0.15) is 5.10 Å². The molecule has 1 atom stereocenters. The maximum atomic E-state index is 12.8. The van der Waals surface area contributed by atoms with Crippen LogP contribution >= 0.6 is 0 Å². The van der Waals surface area contributed by atoms with Gasteiger partial charge in [-0.15, -0.1) is 0 Å². The molecular weight excluding hydrogens is 338 g/mol. The molecule has 0 radical (unpaired) electrons. The van der Waals surface area contributed by atoms with Gasteiger partial charge in [0.25, 0.3) is 0 Å². The number of hydrogen-bond acceptors (Lipinski definition) is 3. The Kier molecular flexibility index (Phi) is 5.05. The summed E-state index contributed by atoms with van der Waals surface area (Å²) in [6.45, 7) is 6.59. The number of aryl methyl sites for hydroxylation is 1. The lowest BCUT2D eigenvalue weighted by Gasteiger charge is -2.41. The van der Waals surface area contributed by atoms with Crippen molar-refractivity contribution in [1.82, 2.24) is 14.7 Å². The molecular formula is C21H29N5O. The lowest BCUT2D eigenvalue weighted by atomic mass is 10.1. The van der Waals surface area contributed by atoms with Crippen molar-refractivity contribution in [2.45, 2.75) is 51.6 Å². The molecule has 1 unspecified atom stereocenters. The van der Waals surface area contributed by atoms with Gasteiger partial charge >= 0.3 is 6.03 Å². The first-order valence-electron chi connectivity index (χ1n) is 10.0. The number of rotatable bonds is 3. The van der Waals surface area contributed by atoms with Gasteiger partial charge in [0.05, 0.1) is 12.2 Å². The zero-order chi connectivity index (χ0) is 18.8. The number of carbonyl (C=O) groups excluding carboxylic acids is 1. The summed E-state index contributed by atoms with van der Waals surface area (Å²) in [6.07, 6.45) is 6.58. The Morgan fingerprint density at radius 2 is 2.00 bits per heavy atom. The molecule has 2 heterocycles. The molecule has 6 nitrogen and oxygen atoms in total. The van der Waals surface area contributed by atoms with E-state index in [1.807, 2.05) is 15.6 Å². The van der Waals surface area contributed by atoms with Crippen molar-refractivity contribution in [2.75, 3.05) is 29.9 Å². The van der Waals surface area contributed by atoms with Gasteiger partial charge in [-0.05, 0) is 44.4 Å². The summed E-state index contributed by atoms with van der Waals surface area (Å²) in [6, 6.07) is 11.2. The highest BCUT2D eigenvalue weighted by Crippen LogP contribution is 2.31. The topological polar surface area (TPSA) is 53.4 Å². The monoisotopic (exact) mass is 367 g/mol. The highest BCUT2D eigenvalue weighted by Gasteiger charge is 2.28. The SMILES string of the molecule is Cc1cccc(N2CCN(C(=O)Nc3ccnn3C3CCCC3)CC2C)c1. The molecule has 1 N–H and O–H groups in total. The zero-order valence-electron chi connectivity index (χ0n) is 16.3. The minimum absolute atomic E-state index is 0.0227. The number of aromatic nitrogens is 2. The zero-order valence-corrected chi connectivity index (χ0v) is 16.3. The third-order valence-electron chi connectivity index (χ3n) is 5.82. The third kappa shape index (κ3) is 3.80. The largest absolute Gasteiger partial charge is 0.365 e. The second kappa shape index (κ2) is 7.62. The summed E-state index contributed by atoms with van der Waals surface area (Å²) in [5, 5.41) is 7.54. The highest BCUT2D eigenvalue weighted by molar-refractivity contribution is 5.88. The Morgan fingerprint density at radius 1 is 1.19 bits per heavy atom. The first-order valence-corrected chi connectivity index (χ1v) is 10.0. The van der Waals surface area contributed by atoms with Gasteiger partial charge in [0.2, 0.25) is 0 Å². The number of hydrogen-bond donors (Lipinski definition) is 1. The standard InChI is InChI=1S/C21H29N5O/c1-16-6-5-9-19(14-16)25-13-12-24(15-17(25)2)21(27)23-20-10-11-22-26(20)18-7-3-4-8-18/h5-6,9-11,14,17-18H,3-4,7-8,12-13,15H2,1-2H3,(H,23,27). The quantitative estimate of drug-likeness (QED) is 0.890. The summed E-state index contributed by atoms with van der Waals surface area (Å²) in [4.78, 5) is 17.1. The maximum Gasteiger partial charge on any atom is 0.323 e. The Labute approximate surface area is 161 Å². The lowest BCUT2D eigenvalue weighted by Crippen LogP contribution is -2.54. The lowest BCUT2D eigenvalue weighted by molar-refractivity contribution is 0.200. The van der Waals surface area contributed by atoms with E-state index in [1.54, 1.807) is 6.20 Å². The van der Waals surface area contributed by atoms with Crippen LogP contribution in [-0.4, -0.2) is 46.4 Å². The van der Waals surface area contributed by atoms with Crippen molar-refractivity contribution >= 4 is 17.5 Å². The van der Waals surface area contributed by atoms with Crippen molar-refractivity contribution in [3.8, 4) is 0 Å². The predicted octanol–water partition coefficient (Wildman–Crippen LogP) is 4.05. The van der Waals surface area contributed by atoms with E-state index in [0.717, 1.165) is 38.3 Å². The van der Waals surface area contributed by atoms with E-state index in [1.165, 1.54) is 24.1 Å². The van der Waals surface area contributed by atoms with Crippen LogP contribution in [0.1, 0.15) is 44.2 Å². The Bertz CT molecular complexity index is 795. The summed E-state index contributed by atoms with van der Waals surface area (Å²) in [5.41, 5.74) is 2.50. The van der Waals surface area contributed by atoms with Crippen molar-refractivity contribution < 1.29 is 4.79 Å². The molecule has 144 valence electrons. The maximum absolute atomic E-state index is 12.8. The van der Waals surface area contributed by atoms with Gasteiger partial charge in [0.1, 0.15) is 5.82 Å². The van der Waals surface area contributed by atoms with Crippen molar-refractivity contribution in [3.05, 3.63) is 42.1 Å². The molecule has 0 spiro atoms. The second-order valence-electron chi connectivity index (χ2n) is 7.86. The first-order chi connectivity index (χ1) is 13.1. The molecule has 1 aliphatic heterocycles. The van der Waals surface area contributed by atoms with E-state index in [9.17, 15) is 4.79 Å². The minimum Gasteiger partial charge on any atom is -0.365 e. The van der Waals surface area contributed by atoms with Crippen LogP contribution in [0.25, 0.3) is 0 Å². The fourth-order valence-corrected chi connectivity index (χ4v) is 4.37.